The Morgan fingerprint density at radius 1 is 1.32 bits per heavy atom. The van der Waals surface area contributed by atoms with Crippen molar-refractivity contribution in [3.8, 4) is 0 Å². The van der Waals surface area contributed by atoms with E-state index in [1.165, 1.54) is 18.4 Å². The lowest BCUT2D eigenvalue weighted by Gasteiger charge is -2.17. The Morgan fingerprint density at radius 3 is 2.79 bits per heavy atom. The fourth-order valence-electron chi connectivity index (χ4n) is 2.84. The Hall–Kier alpha value is -1.68. The highest BCUT2D eigenvalue weighted by Gasteiger charge is 2.20. The van der Waals surface area contributed by atoms with Gasteiger partial charge in [-0.25, -0.2) is 12.7 Å². The van der Waals surface area contributed by atoms with E-state index >= 15 is 0 Å². The maximum Gasteiger partial charge on any atom is 0.242 e. The Bertz CT molecular complexity index is 731. The molecule has 0 aliphatic carbocycles. The third kappa shape index (κ3) is 6.73. The van der Waals surface area contributed by atoms with Crippen molar-refractivity contribution in [2.45, 2.75) is 24.3 Å². The zero-order chi connectivity index (χ0) is 20.4. The van der Waals surface area contributed by atoms with Crippen LogP contribution in [0.3, 0.4) is 0 Å². The van der Waals surface area contributed by atoms with Crippen LogP contribution in [0.2, 0.25) is 0 Å². The van der Waals surface area contributed by atoms with E-state index in [1.54, 1.807) is 25.2 Å². The lowest BCUT2D eigenvalue weighted by atomic mass is 10.1. The highest BCUT2D eigenvalue weighted by atomic mass is 32.2. The third-order valence-electron chi connectivity index (χ3n) is 4.54. The van der Waals surface area contributed by atoms with Gasteiger partial charge >= 0.3 is 0 Å². The molecule has 2 rings (SSSR count). The Morgan fingerprint density at radius 2 is 2.11 bits per heavy atom. The van der Waals surface area contributed by atoms with Gasteiger partial charge in [-0.3, -0.25) is 4.99 Å². The molecule has 1 aliphatic rings. The molecule has 28 heavy (non-hydrogen) atoms. The van der Waals surface area contributed by atoms with Crippen LogP contribution in [0.5, 0.6) is 0 Å². The Labute approximate surface area is 168 Å². The highest BCUT2D eigenvalue weighted by Crippen LogP contribution is 2.18. The number of nitrogens with zero attached hydrogens (tertiary/aromatic N) is 2. The summed E-state index contributed by atoms with van der Waals surface area (Å²) >= 11 is 0. The summed E-state index contributed by atoms with van der Waals surface area (Å²) < 4.78 is 37.2. The minimum atomic E-state index is -3.49. The number of benzene rings is 1. The SMILES string of the molecule is CN=C(NCCCOCC1CCOC1)NCc1ccccc1S(=O)(=O)N(C)C. The molecule has 158 valence electrons. The summed E-state index contributed by atoms with van der Waals surface area (Å²) in [6.07, 6.45) is 1.94. The molecule has 0 bridgehead atoms. The molecule has 1 fully saturated rings. The molecule has 9 heteroatoms. The predicted octanol–water partition coefficient (Wildman–Crippen LogP) is 1.05. The van der Waals surface area contributed by atoms with Crippen molar-refractivity contribution in [1.82, 2.24) is 14.9 Å². The van der Waals surface area contributed by atoms with Gasteiger partial charge in [0.15, 0.2) is 5.96 Å². The molecular weight excluding hydrogens is 380 g/mol. The quantitative estimate of drug-likeness (QED) is 0.339. The van der Waals surface area contributed by atoms with E-state index < -0.39 is 10.0 Å². The smallest absolute Gasteiger partial charge is 0.242 e. The van der Waals surface area contributed by atoms with Crippen LogP contribution in [0.1, 0.15) is 18.4 Å². The summed E-state index contributed by atoms with van der Waals surface area (Å²) in [4.78, 5) is 4.49. The number of aliphatic imine (C=N–C) groups is 1. The molecule has 1 saturated heterocycles. The van der Waals surface area contributed by atoms with Crippen LogP contribution in [0.15, 0.2) is 34.2 Å². The number of guanidine groups is 1. The van der Waals surface area contributed by atoms with Crippen molar-refractivity contribution in [2.24, 2.45) is 10.9 Å². The molecule has 0 radical (unpaired) electrons. The molecule has 0 amide bonds. The predicted molar refractivity (Wildman–Crippen MR) is 110 cm³/mol. The molecule has 0 aromatic heterocycles. The normalized spacial score (nSPS) is 17.9. The molecule has 1 heterocycles. The molecule has 1 atom stereocenters. The van der Waals surface area contributed by atoms with E-state index in [-0.39, 0.29) is 0 Å². The average molecular weight is 413 g/mol. The number of hydrogen-bond donors (Lipinski definition) is 2. The zero-order valence-electron chi connectivity index (χ0n) is 17.0. The van der Waals surface area contributed by atoms with Crippen LogP contribution in [-0.2, 0) is 26.0 Å². The van der Waals surface area contributed by atoms with Gasteiger partial charge in [0, 0.05) is 53.4 Å². The highest BCUT2D eigenvalue weighted by molar-refractivity contribution is 7.89. The van der Waals surface area contributed by atoms with Gasteiger partial charge in [-0.15, -0.1) is 0 Å². The van der Waals surface area contributed by atoms with Crippen LogP contribution < -0.4 is 10.6 Å². The number of sulfonamides is 1. The van der Waals surface area contributed by atoms with Gasteiger partial charge in [-0.1, -0.05) is 18.2 Å². The van der Waals surface area contributed by atoms with Crippen molar-refractivity contribution in [1.29, 1.82) is 0 Å². The van der Waals surface area contributed by atoms with Gasteiger partial charge in [0.1, 0.15) is 0 Å². The Balaban J connectivity index is 1.75. The third-order valence-corrected chi connectivity index (χ3v) is 6.45. The number of hydrogen-bond acceptors (Lipinski definition) is 5. The molecule has 0 saturated carbocycles. The lowest BCUT2D eigenvalue weighted by Crippen LogP contribution is -2.38. The minimum Gasteiger partial charge on any atom is -0.381 e. The second-order valence-corrected chi connectivity index (χ2v) is 9.03. The fourth-order valence-corrected chi connectivity index (χ4v) is 3.96. The van der Waals surface area contributed by atoms with E-state index in [0.717, 1.165) is 39.2 Å². The fraction of sp³-hybridized carbons (Fsp3) is 0.632. The molecule has 1 aromatic carbocycles. The molecule has 1 aromatic rings. The van der Waals surface area contributed by atoms with Crippen LogP contribution in [0.4, 0.5) is 0 Å². The van der Waals surface area contributed by atoms with Gasteiger partial charge in [-0.05, 0) is 24.5 Å². The maximum absolute atomic E-state index is 12.5. The summed E-state index contributed by atoms with van der Waals surface area (Å²) in [5.41, 5.74) is 0.696. The molecule has 2 N–H and O–H groups in total. The largest absolute Gasteiger partial charge is 0.381 e. The lowest BCUT2D eigenvalue weighted by molar-refractivity contribution is 0.0888. The van der Waals surface area contributed by atoms with Crippen molar-refractivity contribution in [2.75, 3.05) is 54.1 Å². The first-order chi connectivity index (χ1) is 13.4. The van der Waals surface area contributed by atoms with E-state index in [9.17, 15) is 8.42 Å². The van der Waals surface area contributed by atoms with Crippen molar-refractivity contribution < 1.29 is 17.9 Å². The van der Waals surface area contributed by atoms with Gasteiger partial charge < -0.3 is 20.1 Å². The summed E-state index contributed by atoms with van der Waals surface area (Å²) in [5.74, 6) is 1.15. The van der Waals surface area contributed by atoms with Crippen molar-refractivity contribution in [3.05, 3.63) is 29.8 Å². The van der Waals surface area contributed by atoms with Gasteiger partial charge in [0.05, 0.1) is 18.1 Å². The summed E-state index contributed by atoms with van der Waals surface area (Å²) in [6.45, 7) is 4.17. The van der Waals surface area contributed by atoms with Crippen LogP contribution in [0.25, 0.3) is 0 Å². The van der Waals surface area contributed by atoms with E-state index in [1.807, 2.05) is 6.07 Å². The summed E-state index contributed by atoms with van der Waals surface area (Å²) in [6, 6.07) is 6.98. The molecule has 1 aliphatic heterocycles. The van der Waals surface area contributed by atoms with Gasteiger partial charge in [0.2, 0.25) is 10.0 Å². The van der Waals surface area contributed by atoms with E-state index in [2.05, 4.69) is 15.6 Å². The summed E-state index contributed by atoms with van der Waals surface area (Å²) in [7, 11) is 1.26. The molecule has 0 spiro atoms. The average Bonchev–Trinajstić information content (AvgIpc) is 3.20. The first-order valence-corrected chi connectivity index (χ1v) is 11.0. The van der Waals surface area contributed by atoms with E-state index in [0.29, 0.717) is 35.5 Å². The summed E-state index contributed by atoms with van der Waals surface area (Å²) in [5, 5.41) is 6.39. The molecule has 8 nitrogen and oxygen atoms in total. The second kappa shape index (κ2) is 11.4. The Kier molecular flexibility index (Phi) is 9.17. The van der Waals surface area contributed by atoms with E-state index in [4.69, 9.17) is 9.47 Å². The van der Waals surface area contributed by atoms with Gasteiger partial charge in [0.25, 0.3) is 0 Å². The second-order valence-electron chi connectivity index (χ2n) is 6.91. The van der Waals surface area contributed by atoms with Gasteiger partial charge in [-0.2, -0.15) is 0 Å². The number of rotatable bonds is 10. The molecule has 1 unspecified atom stereocenters. The minimum absolute atomic E-state index is 0.298. The monoisotopic (exact) mass is 412 g/mol. The van der Waals surface area contributed by atoms with Crippen LogP contribution in [-0.4, -0.2) is 72.8 Å². The first-order valence-electron chi connectivity index (χ1n) is 9.55. The topological polar surface area (TPSA) is 92.3 Å². The molecular formula is C19H32N4O4S. The maximum atomic E-state index is 12.5. The standard InChI is InChI=1S/C19H32N4O4S/c1-20-19(21-10-6-11-26-14-16-9-12-27-15-16)22-13-17-7-4-5-8-18(17)28(24,25)23(2)3/h4-5,7-8,16H,6,9-15H2,1-3H3,(H2,20,21,22). The van der Waals surface area contributed by atoms with Crippen LogP contribution >= 0.6 is 0 Å². The van der Waals surface area contributed by atoms with Crippen molar-refractivity contribution >= 4 is 16.0 Å². The van der Waals surface area contributed by atoms with Crippen molar-refractivity contribution in [3.63, 3.8) is 0 Å². The van der Waals surface area contributed by atoms with Crippen LogP contribution in [0, 0.1) is 5.92 Å². The zero-order valence-corrected chi connectivity index (χ0v) is 17.8. The first kappa shape index (κ1) is 22.6. The number of ether oxygens (including phenoxy) is 2. The number of nitrogens with one attached hydrogen (secondary N) is 2.